The summed E-state index contributed by atoms with van der Waals surface area (Å²) in [6.45, 7) is 0.286. The molecule has 2 aromatic carbocycles. The predicted octanol–water partition coefficient (Wildman–Crippen LogP) is 3.69. The Morgan fingerprint density at radius 3 is 2.41 bits per heavy atom. The van der Waals surface area contributed by atoms with E-state index in [1.165, 1.54) is 37.8 Å². The third-order valence-corrected chi connectivity index (χ3v) is 6.78. The molecule has 4 N–H and O–H groups in total. The molecule has 2 amide bonds. The Morgan fingerprint density at radius 2 is 1.74 bits per heavy atom. The van der Waals surface area contributed by atoms with Gasteiger partial charge in [-0.1, -0.05) is 37.1 Å². The van der Waals surface area contributed by atoms with E-state index in [4.69, 9.17) is 5.14 Å². The lowest BCUT2D eigenvalue weighted by Crippen LogP contribution is -2.28. The van der Waals surface area contributed by atoms with Gasteiger partial charge in [-0.05, 0) is 42.7 Å². The van der Waals surface area contributed by atoms with Gasteiger partial charge in [-0.2, -0.15) is 0 Å². The highest BCUT2D eigenvalue weighted by Gasteiger charge is 2.18. The highest BCUT2D eigenvalue weighted by Crippen LogP contribution is 2.37. The Kier molecular flexibility index (Phi) is 6.41. The van der Waals surface area contributed by atoms with Crippen molar-refractivity contribution in [2.24, 2.45) is 5.14 Å². The Balaban J connectivity index is 1.56. The smallest absolute Gasteiger partial charge is 0.319 e. The van der Waals surface area contributed by atoms with E-state index in [-0.39, 0.29) is 17.5 Å². The number of urea groups is 1. The zero-order chi connectivity index (χ0) is 19.3. The van der Waals surface area contributed by atoms with Crippen LogP contribution in [0.2, 0.25) is 0 Å². The normalized spacial score (nSPS) is 14.9. The molecule has 0 bridgehead atoms. The third kappa shape index (κ3) is 5.72. The summed E-state index contributed by atoms with van der Waals surface area (Å²) >= 11 is 1.83. The van der Waals surface area contributed by atoms with Crippen LogP contribution in [0.4, 0.5) is 10.5 Å². The minimum atomic E-state index is -3.71. The summed E-state index contributed by atoms with van der Waals surface area (Å²) in [6.07, 6.45) is 5.00. The average molecular weight is 406 g/mol. The van der Waals surface area contributed by atoms with Gasteiger partial charge < -0.3 is 10.6 Å². The van der Waals surface area contributed by atoms with Crippen LogP contribution in [0.3, 0.4) is 0 Å². The van der Waals surface area contributed by atoms with E-state index in [0.29, 0.717) is 5.25 Å². The lowest BCUT2D eigenvalue weighted by Gasteiger charge is -2.14. The van der Waals surface area contributed by atoms with Crippen LogP contribution in [0.5, 0.6) is 0 Å². The second-order valence-electron chi connectivity index (χ2n) is 6.52. The molecule has 144 valence electrons. The SMILES string of the molecule is NS(=O)(=O)c1ccc(CNC(=O)Nc2ccccc2SC2CCCC2)cc1. The van der Waals surface area contributed by atoms with Crippen molar-refractivity contribution in [1.29, 1.82) is 0 Å². The van der Waals surface area contributed by atoms with E-state index >= 15 is 0 Å². The van der Waals surface area contributed by atoms with Gasteiger partial charge in [-0.25, -0.2) is 18.4 Å². The van der Waals surface area contributed by atoms with E-state index in [2.05, 4.69) is 10.6 Å². The first-order valence-corrected chi connectivity index (χ1v) is 11.3. The number of sulfonamides is 1. The number of nitrogens with one attached hydrogen (secondary N) is 2. The fourth-order valence-corrected chi connectivity index (χ4v) is 4.85. The largest absolute Gasteiger partial charge is 0.334 e. The molecular weight excluding hydrogens is 382 g/mol. The minimum Gasteiger partial charge on any atom is -0.334 e. The first kappa shape index (κ1) is 19.7. The molecular formula is C19H23N3O3S2. The molecule has 8 heteroatoms. The number of primary sulfonamides is 1. The minimum absolute atomic E-state index is 0.0496. The van der Waals surface area contributed by atoms with Crippen LogP contribution in [0.15, 0.2) is 58.3 Å². The quantitative estimate of drug-likeness (QED) is 0.682. The molecule has 1 saturated carbocycles. The van der Waals surface area contributed by atoms with Crippen molar-refractivity contribution >= 4 is 33.5 Å². The number of carbonyl (C=O) groups is 1. The van der Waals surface area contributed by atoms with Crippen LogP contribution in [0.25, 0.3) is 0 Å². The summed E-state index contributed by atoms with van der Waals surface area (Å²) in [7, 11) is -3.71. The number of anilines is 1. The van der Waals surface area contributed by atoms with Crippen LogP contribution < -0.4 is 15.8 Å². The highest BCUT2D eigenvalue weighted by molar-refractivity contribution is 8.00. The van der Waals surface area contributed by atoms with Gasteiger partial charge in [0.2, 0.25) is 10.0 Å². The number of rotatable bonds is 6. The van der Waals surface area contributed by atoms with Crippen molar-refractivity contribution in [2.45, 2.75) is 47.3 Å². The van der Waals surface area contributed by atoms with Crippen LogP contribution in [-0.2, 0) is 16.6 Å². The number of amides is 2. The van der Waals surface area contributed by atoms with Crippen molar-refractivity contribution in [3.63, 3.8) is 0 Å². The maximum atomic E-state index is 12.3. The maximum absolute atomic E-state index is 12.3. The molecule has 0 spiro atoms. The maximum Gasteiger partial charge on any atom is 0.319 e. The predicted molar refractivity (Wildman–Crippen MR) is 108 cm³/mol. The number of nitrogens with two attached hydrogens (primary N) is 1. The summed E-state index contributed by atoms with van der Waals surface area (Å²) in [5, 5.41) is 11.4. The molecule has 0 aromatic heterocycles. The summed E-state index contributed by atoms with van der Waals surface area (Å²) < 4.78 is 22.5. The van der Waals surface area contributed by atoms with Gasteiger partial charge in [0.25, 0.3) is 0 Å². The first-order chi connectivity index (χ1) is 12.9. The number of para-hydroxylation sites is 1. The van der Waals surface area contributed by atoms with Gasteiger partial charge in [0.1, 0.15) is 0 Å². The fourth-order valence-electron chi connectivity index (χ4n) is 3.00. The van der Waals surface area contributed by atoms with Crippen molar-refractivity contribution in [3.05, 3.63) is 54.1 Å². The molecule has 1 aliphatic carbocycles. The number of thioether (sulfide) groups is 1. The molecule has 1 fully saturated rings. The number of carbonyl (C=O) groups excluding carboxylic acids is 1. The molecule has 6 nitrogen and oxygen atoms in total. The molecule has 0 radical (unpaired) electrons. The van der Waals surface area contributed by atoms with Gasteiger partial charge >= 0.3 is 6.03 Å². The lowest BCUT2D eigenvalue weighted by atomic mass is 10.2. The second-order valence-corrected chi connectivity index (χ2v) is 9.42. The first-order valence-electron chi connectivity index (χ1n) is 8.84. The molecule has 2 aromatic rings. The van der Waals surface area contributed by atoms with Crippen molar-refractivity contribution < 1.29 is 13.2 Å². The summed E-state index contributed by atoms with van der Waals surface area (Å²) in [5.74, 6) is 0. The van der Waals surface area contributed by atoms with Crippen LogP contribution in [0, 0.1) is 0 Å². The molecule has 0 unspecified atom stereocenters. The zero-order valence-electron chi connectivity index (χ0n) is 14.9. The zero-order valence-corrected chi connectivity index (χ0v) is 16.5. The molecule has 0 heterocycles. The molecule has 0 atom stereocenters. The highest BCUT2D eigenvalue weighted by atomic mass is 32.2. The monoisotopic (exact) mass is 405 g/mol. The Bertz CT molecular complexity index is 893. The summed E-state index contributed by atoms with van der Waals surface area (Å²) in [5.41, 5.74) is 1.59. The topological polar surface area (TPSA) is 101 Å². The van der Waals surface area contributed by atoms with E-state index in [9.17, 15) is 13.2 Å². The molecule has 1 aliphatic rings. The molecule has 0 saturated heterocycles. The second kappa shape index (κ2) is 8.77. The van der Waals surface area contributed by atoms with Crippen LogP contribution in [-0.4, -0.2) is 19.7 Å². The summed E-state index contributed by atoms with van der Waals surface area (Å²) in [4.78, 5) is 13.4. The van der Waals surface area contributed by atoms with E-state index in [1.807, 2.05) is 36.0 Å². The van der Waals surface area contributed by atoms with Crippen molar-refractivity contribution in [2.75, 3.05) is 5.32 Å². The number of hydrogen-bond donors (Lipinski definition) is 3. The van der Waals surface area contributed by atoms with E-state index < -0.39 is 10.0 Å². The number of benzene rings is 2. The van der Waals surface area contributed by atoms with Crippen LogP contribution >= 0.6 is 11.8 Å². The molecule has 3 rings (SSSR count). The standard InChI is InChI=1S/C19H23N3O3S2/c20-27(24,25)16-11-9-14(10-12-16)13-21-19(23)22-17-7-3-4-8-18(17)26-15-5-1-2-6-15/h3-4,7-12,15H,1-2,5-6,13H2,(H2,20,24,25)(H2,21,22,23). The molecule has 0 aliphatic heterocycles. The van der Waals surface area contributed by atoms with Gasteiger partial charge in [-0.3, -0.25) is 0 Å². The Labute approximate surface area is 164 Å². The Morgan fingerprint density at radius 1 is 1.07 bits per heavy atom. The van der Waals surface area contributed by atoms with E-state index in [0.717, 1.165) is 16.1 Å². The van der Waals surface area contributed by atoms with Gasteiger partial charge in [0.05, 0.1) is 10.6 Å². The van der Waals surface area contributed by atoms with Crippen molar-refractivity contribution in [1.82, 2.24) is 5.32 Å². The Hall–Kier alpha value is -2.03. The van der Waals surface area contributed by atoms with Gasteiger partial charge in [0.15, 0.2) is 0 Å². The lowest BCUT2D eigenvalue weighted by molar-refractivity contribution is 0.251. The van der Waals surface area contributed by atoms with Crippen molar-refractivity contribution in [3.8, 4) is 0 Å². The molecule has 27 heavy (non-hydrogen) atoms. The average Bonchev–Trinajstić information content (AvgIpc) is 3.14. The van der Waals surface area contributed by atoms with E-state index in [1.54, 1.807) is 12.1 Å². The van der Waals surface area contributed by atoms with Gasteiger partial charge in [-0.15, -0.1) is 11.8 Å². The third-order valence-electron chi connectivity index (χ3n) is 4.44. The summed E-state index contributed by atoms with van der Waals surface area (Å²) in [6, 6.07) is 13.6. The number of hydrogen-bond acceptors (Lipinski definition) is 4. The fraction of sp³-hybridized carbons (Fsp3) is 0.316. The van der Waals surface area contributed by atoms with Gasteiger partial charge in [0, 0.05) is 16.7 Å². The van der Waals surface area contributed by atoms with Crippen LogP contribution in [0.1, 0.15) is 31.2 Å².